The molecule has 0 aliphatic carbocycles. The van der Waals surface area contributed by atoms with Crippen LogP contribution in [0.2, 0.25) is 0 Å². The summed E-state index contributed by atoms with van der Waals surface area (Å²) in [7, 11) is -3.67. The Balaban J connectivity index is 1.30. The van der Waals surface area contributed by atoms with Crippen LogP contribution in [-0.2, 0) is 10.0 Å². The average Bonchev–Trinajstić information content (AvgIpc) is 3.16. The summed E-state index contributed by atoms with van der Waals surface area (Å²) in [6, 6.07) is 9.36. The summed E-state index contributed by atoms with van der Waals surface area (Å²) in [5.41, 5.74) is 0.572. The van der Waals surface area contributed by atoms with Gasteiger partial charge in [0.05, 0.1) is 4.90 Å². The molecule has 0 atom stereocenters. The molecule has 154 valence electrons. The highest BCUT2D eigenvalue weighted by atomic mass is 32.2. The standard InChI is InChI=1S/C19H20FN3O5S/c20-13-1-4-16(5-2-13)29(25,26)23-9-7-14(8-10-23)21-19(24)22-15-3-6-17-18(11-15)28-12-27-17/h1-6,11,14H,7-10,12H2,(H2,21,22,24). The smallest absolute Gasteiger partial charge is 0.319 e. The van der Waals surface area contributed by atoms with Gasteiger partial charge in [-0.3, -0.25) is 0 Å². The number of nitrogens with zero attached hydrogens (tertiary/aromatic N) is 1. The number of carbonyl (C=O) groups excluding carboxylic acids is 1. The van der Waals surface area contributed by atoms with Crippen molar-refractivity contribution in [3.63, 3.8) is 0 Å². The van der Waals surface area contributed by atoms with Gasteiger partial charge in [0.1, 0.15) is 5.82 Å². The van der Waals surface area contributed by atoms with Gasteiger partial charge in [-0.2, -0.15) is 4.31 Å². The third-order valence-corrected chi connectivity index (χ3v) is 6.78. The number of benzene rings is 2. The highest BCUT2D eigenvalue weighted by Gasteiger charge is 2.30. The summed E-state index contributed by atoms with van der Waals surface area (Å²) in [6.45, 7) is 0.702. The molecule has 2 aliphatic rings. The molecule has 0 bridgehead atoms. The van der Waals surface area contributed by atoms with Gasteiger partial charge in [0, 0.05) is 30.9 Å². The second-order valence-electron chi connectivity index (χ2n) is 6.80. The van der Waals surface area contributed by atoms with Gasteiger partial charge in [0.25, 0.3) is 0 Å². The normalized spacial score (nSPS) is 17.1. The quantitative estimate of drug-likeness (QED) is 0.791. The molecule has 0 unspecified atom stereocenters. The molecule has 2 N–H and O–H groups in total. The number of hydrogen-bond donors (Lipinski definition) is 2. The van der Waals surface area contributed by atoms with Crippen LogP contribution in [0.5, 0.6) is 11.5 Å². The number of halogens is 1. The molecule has 1 fully saturated rings. The van der Waals surface area contributed by atoms with E-state index in [4.69, 9.17) is 9.47 Å². The molecule has 2 aromatic rings. The van der Waals surface area contributed by atoms with Crippen molar-refractivity contribution >= 4 is 21.7 Å². The molecule has 0 radical (unpaired) electrons. The van der Waals surface area contributed by atoms with Crippen LogP contribution in [0, 0.1) is 5.82 Å². The van der Waals surface area contributed by atoms with E-state index in [1.54, 1.807) is 18.2 Å². The van der Waals surface area contributed by atoms with Gasteiger partial charge in [-0.25, -0.2) is 17.6 Å². The fraction of sp³-hybridized carbons (Fsp3) is 0.316. The minimum atomic E-state index is -3.67. The lowest BCUT2D eigenvalue weighted by Crippen LogP contribution is -2.47. The Morgan fingerprint density at radius 3 is 2.45 bits per heavy atom. The summed E-state index contributed by atoms with van der Waals surface area (Å²) >= 11 is 0. The molecule has 0 spiro atoms. The Morgan fingerprint density at radius 2 is 1.72 bits per heavy atom. The lowest BCUT2D eigenvalue weighted by atomic mass is 10.1. The van der Waals surface area contributed by atoms with E-state index in [2.05, 4.69) is 10.6 Å². The topological polar surface area (TPSA) is 97.0 Å². The summed E-state index contributed by atoms with van der Waals surface area (Å²) in [5, 5.41) is 5.60. The molecule has 8 nitrogen and oxygen atoms in total. The maximum atomic E-state index is 13.0. The van der Waals surface area contributed by atoms with Crippen molar-refractivity contribution in [1.29, 1.82) is 0 Å². The predicted octanol–water partition coefficient (Wildman–Crippen LogP) is 2.53. The zero-order valence-electron chi connectivity index (χ0n) is 15.4. The maximum absolute atomic E-state index is 13.0. The number of hydrogen-bond acceptors (Lipinski definition) is 5. The number of anilines is 1. The van der Waals surface area contributed by atoms with Crippen molar-refractivity contribution in [2.24, 2.45) is 0 Å². The molecular weight excluding hydrogens is 401 g/mol. The van der Waals surface area contributed by atoms with E-state index in [1.165, 1.54) is 16.4 Å². The lowest BCUT2D eigenvalue weighted by Gasteiger charge is -2.31. The van der Waals surface area contributed by atoms with Crippen LogP contribution in [0.1, 0.15) is 12.8 Å². The van der Waals surface area contributed by atoms with Crippen molar-refractivity contribution < 1.29 is 27.1 Å². The predicted molar refractivity (Wildman–Crippen MR) is 103 cm³/mol. The number of rotatable bonds is 4. The summed E-state index contributed by atoms with van der Waals surface area (Å²) in [4.78, 5) is 12.3. The molecule has 2 aromatic carbocycles. The van der Waals surface area contributed by atoms with Gasteiger partial charge >= 0.3 is 6.03 Å². The van der Waals surface area contributed by atoms with Crippen molar-refractivity contribution in [1.82, 2.24) is 9.62 Å². The number of fused-ring (bicyclic) bond motifs is 1. The maximum Gasteiger partial charge on any atom is 0.319 e. The van der Waals surface area contributed by atoms with Crippen LogP contribution in [0.3, 0.4) is 0 Å². The SMILES string of the molecule is O=C(Nc1ccc2c(c1)OCO2)NC1CCN(S(=O)(=O)c2ccc(F)cc2)CC1. The molecular formula is C19H20FN3O5S. The van der Waals surface area contributed by atoms with Crippen molar-refractivity contribution in [2.45, 2.75) is 23.8 Å². The second-order valence-corrected chi connectivity index (χ2v) is 8.74. The van der Waals surface area contributed by atoms with E-state index >= 15 is 0 Å². The van der Waals surface area contributed by atoms with E-state index in [-0.39, 0.29) is 36.9 Å². The summed E-state index contributed by atoms with van der Waals surface area (Å²) < 4.78 is 50.2. The molecule has 2 aliphatic heterocycles. The Hall–Kier alpha value is -2.85. The van der Waals surface area contributed by atoms with Gasteiger partial charge in [0.2, 0.25) is 16.8 Å². The van der Waals surface area contributed by atoms with E-state index in [1.807, 2.05) is 0 Å². The molecule has 0 aromatic heterocycles. The molecule has 0 saturated carbocycles. The zero-order valence-corrected chi connectivity index (χ0v) is 16.2. The third kappa shape index (κ3) is 4.28. The summed E-state index contributed by atoms with van der Waals surface area (Å²) in [6.07, 6.45) is 0.962. The van der Waals surface area contributed by atoms with Crippen LogP contribution in [0.15, 0.2) is 47.4 Å². The highest BCUT2D eigenvalue weighted by Crippen LogP contribution is 2.34. The number of piperidine rings is 1. The minimum Gasteiger partial charge on any atom is -0.454 e. The Kier molecular flexibility index (Phi) is 5.29. The summed E-state index contributed by atoms with van der Waals surface area (Å²) in [5.74, 6) is 0.716. The van der Waals surface area contributed by atoms with Crippen LogP contribution < -0.4 is 20.1 Å². The average molecular weight is 421 g/mol. The van der Waals surface area contributed by atoms with Crippen molar-refractivity contribution in [2.75, 3.05) is 25.2 Å². The van der Waals surface area contributed by atoms with Crippen LogP contribution >= 0.6 is 0 Å². The van der Waals surface area contributed by atoms with Gasteiger partial charge in [0.15, 0.2) is 11.5 Å². The molecule has 4 rings (SSSR count). The number of ether oxygens (including phenoxy) is 2. The lowest BCUT2D eigenvalue weighted by molar-refractivity contribution is 0.174. The van der Waals surface area contributed by atoms with E-state index in [0.29, 0.717) is 30.0 Å². The monoisotopic (exact) mass is 421 g/mol. The Bertz CT molecular complexity index is 1010. The molecule has 1 saturated heterocycles. The first-order valence-electron chi connectivity index (χ1n) is 9.15. The van der Waals surface area contributed by atoms with Crippen LogP contribution in [0.4, 0.5) is 14.9 Å². The van der Waals surface area contributed by atoms with Crippen LogP contribution in [-0.4, -0.2) is 44.7 Å². The zero-order chi connectivity index (χ0) is 20.4. The van der Waals surface area contributed by atoms with Crippen molar-refractivity contribution in [3.8, 4) is 11.5 Å². The van der Waals surface area contributed by atoms with E-state index in [0.717, 1.165) is 12.1 Å². The Labute approximate surface area is 167 Å². The van der Waals surface area contributed by atoms with Crippen molar-refractivity contribution in [3.05, 3.63) is 48.3 Å². The van der Waals surface area contributed by atoms with Crippen LogP contribution in [0.25, 0.3) is 0 Å². The number of carbonyl (C=O) groups is 1. The number of urea groups is 1. The largest absolute Gasteiger partial charge is 0.454 e. The van der Waals surface area contributed by atoms with Gasteiger partial charge < -0.3 is 20.1 Å². The molecule has 2 amide bonds. The first-order chi connectivity index (χ1) is 13.9. The molecule has 29 heavy (non-hydrogen) atoms. The van der Waals surface area contributed by atoms with E-state index in [9.17, 15) is 17.6 Å². The first kappa shape index (κ1) is 19.5. The molecule has 2 heterocycles. The van der Waals surface area contributed by atoms with Gasteiger partial charge in [-0.15, -0.1) is 0 Å². The van der Waals surface area contributed by atoms with Gasteiger partial charge in [-0.05, 0) is 49.2 Å². The number of sulfonamides is 1. The highest BCUT2D eigenvalue weighted by molar-refractivity contribution is 7.89. The second kappa shape index (κ2) is 7.88. The van der Waals surface area contributed by atoms with E-state index < -0.39 is 15.8 Å². The van der Waals surface area contributed by atoms with Gasteiger partial charge in [-0.1, -0.05) is 0 Å². The fourth-order valence-electron chi connectivity index (χ4n) is 3.32. The number of nitrogens with one attached hydrogen (secondary N) is 2. The fourth-order valence-corrected chi connectivity index (χ4v) is 4.79. The number of amides is 2. The third-order valence-electron chi connectivity index (χ3n) is 4.87. The minimum absolute atomic E-state index is 0.0610. The first-order valence-corrected chi connectivity index (χ1v) is 10.6. The Morgan fingerprint density at radius 1 is 1.03 bits per heavy atom. The molecule has 10 heteroatoms.